The Morgan fingerprint density at radius 1 is 0.526 bits per heavy atom. The summed E-state index contributed by atoms with van der Waals surface area (Å²) in [6.07, 6.45) is 1.22. The van der Waals surface area contributed by atoms with E-state index in [0.29, 0.717) is 54.1 Å². The van der Waals surface area contributed by atoms with E-state index in [9.17, 15) is 43.2 Å². The SMILES string of the molecule is CC[C@H](C)[C@@H]1NC(=O)[C@H](C)N(C)C(=O)CC(C(=O)N2CCCC2)NC(=O)[C@H](CC(C)C)N(C)C(=O)[C@H](Cc2ccccc2)N(C)C(=O)[C@H](CC(C)C)NC(=O)[C@H](Cc2cccc(I)c2)NC(=O)CN(C)C(=O)[C@H](Cc2ccc(Cl)cc2)N(C)C(=O)CN(C)C(=O)CN(C)C1=O. The molecular weight excluding hydrogens is 1350 g/mol. The van der Waals surface area contributed by atoms with Gasteiger partial charge in [0.25, 0.3) is 0 Å². The van der Waals surface area contributed by atoms with Crippen LogP contribution in [0.2, 0.25) is 5.02 Å². The Balaban J connectivity index is 1.63. The van der Waals surface area contributed by atoms with Gasteiger partial charge < -0.3 is 60.5 Å². The summed E-state index contributed by atoms with van der Waals surface area (Å²) in [6.45, 7) is 11.5. The highest BCUT2D eigenvalue weighted by molar-refractivity contribution is 14.1. The molecule has 0 aliphatic carbocycles. The molecule has 95 heavy (non-hydrogen) atoms. The molecule has 5 rings (SSSR count). The van der Waals surface area contributed by atoms with Crippen LogP contribution in [0.25, 0.3) is 0 Å². The molecule has 3 aromatic carbocycles. The predicted octanol–water partition coefficient (Wildman–Crippen LogP) is 3.78. The number of carbonyl (C=O) groups excluding carboxylic acids is 12. The first-order valence-corrected chi connectivity index (χ1v) is 34.0. The van der Waals surface area contributed by atoms with E-state index in [2.05, 4.69) is 43.9 Å². The number of nitrogens with zero attached hydrogens (tertiary/aromatic N) is 8. The van der Waals surface area contributed by atoms with Crippen LogP contribution in [0.4, 0.5) is 0 Å². The van der Waals surface area contributed by atoms with Crippen molar-refractivity contribution in [1.82, 2.24) is 60.5 Å². The average Bonchev–Trinajstić information content (AvgIpc) is 1.06. The minimum Gasteiger partial charge on any atom is -0.342 e. The van der Waals surface area contributed by atoms with Gasteiger partial charge >= 0.3 is 0 Å². The minimum absolute atomic E-state index is 0.0327. The Kier molecular flexibility index (Phi) is 29.9. The number of halogens is 2. The summed E-state index contributed by atoms with van der Waals surface area (Å²) in [4.78, 5) is 185. The molecule has 2 aliphatic rings. The minimum atomic E-state index is -1.45. The summed E-state index contributed by atoms with van der Waals surface area (Å²) in [5, 5.41) is 11.8. The molecule has 0 spiro atoms. The lowest BCUT2D eigenvalue weighted by Gasteiger charge is -2.37. The first-order chi connectivity index (χ1) is 44.7. The maximum Gasteiger partial charge on any atom is 0.246 e. The molecule has 1 unspecified atom stereocenters. The summed E-state index contributed by atoms with van der Waals surface area (Å²) in [6, 6.07) is 12.5. The number of benzene rings is 3. The Bertz CT molecular complexity index is 3210. The zero-order chi connectivity index (χ0) is 70.7. The van der Waals surface area contributed by atoms with E-state index >= 15 is 14.4 Å². The Morgan fingerprint density at radius 3 is 1.67 bits per heavy atom. The van der Waals surface area contributed by atoms with Gasteiger partial charge in [-0.2, -0.15) is 0 Å². The van der Waals surface area contributed by atoms with Crippen molar-refractivity contribution in [2.75, 3.05) is 82.1 Å². The topological polar surface area (TPSA) is 279 Å². The van der Waals surface area contributed by atoms with E-state index in [1.807, 2.05) is 46.8 Å². The van der Waals surface area contributed by atoms with Crippen LogP contribution in [0.5, 0.6) is 0 Å². The molecule has 26 heteroatoms. The van der Waals surface area contributed by atoms with Crippen molar-refractivity contribution in [1.29, 1.82) is 0 Å². The molecule has 2 fully saturated rings. The average molecular weight is 1450 g/mol. The molecule has 24 nitrogen and oxygen atoms in total. The lowest BCUT2D eigenvalue weighted by molar-refractivity contribution is -0.150. The normalized spacial score (nSPS) is 23.9. The van der Waals surface area contributed by atoms with E-state index in [1.54, 1.807) is 78.6 Å². The fraction of sp³-hybridized carbons (Fsp3) is 0.565. The summed E-state index contributed by atoms with van der Waals surface area (Å²) in [5.74, 6) is -9.09. The van der Waals surface area contributed by atoms with Gasteiger partial charge in [-0.15, -0.1) is 0 Å². The van der Waals surface area contributed by atoms with Crippen LogP contribution in [-0.4, -0.2) is 240 Å². The number of nitrogens with one attached hydrogen (secondary N) is 4. The van der Waals surface area contributed by atoms with Crippen LogP contribution in [-0.2, 0) is 76.8 Å². The number of amides is 12. The van der Waals surface area contributed by atoms with E-state index in [0.717, 1.165) is 23.2 Å². The number of carbonyl (C=O) groups is 12. The molecule has 12 amide bonds. The van der Waals surface area contributed by atoms with Crippen LogP contribution in [0.1, 0.15) is 104 Å². The van der Waals surface area contributed by atoms with Crippen LogP contribution >= 0.6 is 34.2 Å². The smallest absolute Gasteiger partial charge is 0.246 e. The molecule has 4 N–H and O–H groups in total. The molecule has 2 heterocycles. The van der Waals surface area contributed by atoms with E-state index in [1.165, 1.54) is 71.0 Å². The highest BCUT2D eigenvalue weighted by Crippen LogP contribution is 2.23. The molecule has 2 saturated heterocycles. The standard InChI is InChI=1S/C69H98ClIN12O12/c1-15-44(6)61-69(95)78(10)40-59(86)76(8)41-60(87)80(12)55(37-47-26-28-49(70)29-27-47)67(93)77(9)39-57(84)72-51(35-48-24-21-25-50(71)34-48)63(89)73-52(32-42(2)3)65(91)82(14)56(36-46-22-17-16-18-23-46)68(94)81(13)54(33-43(4)5)64(90)74-53(66(92)83-30-19-20-31-83)38-58(85)79(11)45(7)62(88)75-61/h16-18,21-29,34,42-45,51-56,61H,15,19-20,30-33,35-41H2,1-14H3,(H,72,84)(H,73,89)(H,74,90)(H,75,88)/t44-,45-,51-,52-,53?,54-,55-,56-,61-/m0/s1. The lowest BCUT2D eigenvalue weighted by Crippen LogP contribution is -2.61. The van der Waals surface area contributed by atoms with Gasteiger partial charge in [-0.1, -0.05) is 114 Å². The van der Waals surface area contributed by atoms with Crippen molar-refractivity contribution in [2.24, 2.45) is 17.8 Å². The second-order valence-corrected chi connectivity index (χ2v) is 27.9. The van der Waals surface area contributed by atoms with Gasteiger partial charge in [-0.25, -0.2) is 0 Å². The first-order valence-electron chi connectivity index (χ1n) is 32.5. The third-order valence-corrected chi connectivity index (χ3v) is 18.7. The predicted molar refractivity (Wildman–Crippen MR) is 370 cm³/mol. The Hall–Kier alpha value is -7.68. The number of likely N-dealkylation sites (tertiary alicyclic amines) is 1. The third-order valence-electron chi connectivity index (χ3n) is 17.8. The zero-order valence-corrected chi connectivity index (χ0v) is 60.4. The van der Waals surface area contributed by atoms with E-state index in [4.69, 9.17) is 11.6 Å². The quantitative estimate of drug-likeness (QED) is 0.178. The van der Waals surface area contributed by atoms with Crippen molar-refractivity contribution in [3.05, 3.63) is 104 Å². The first kappa shape index (κ1) is 78.0. The number of rotatable bonds is 13. The fourth-order valence-electron chi connectivity index (χ4n) is 11.5. The largest absolute Gasteiger partial charge is 0.342 e. The molecule has 0 saturated carbocycles. The van der Waals surface area contributed by atoms with Gasteiger partial charge in [0.15, 0.2) is 0 Å². The van der Waals surface area contributed by atoms with E-state index < -0.39 is 151 Å². The van der Waals surface area contributed by atoms with Crippen molar-refractivity contribution >= 4 is 105 Å². The molecular formula is C69H98ClIN12O12. The number of likely N-dealkylation sites (N-methyl/N-ethyl adjacent to an activating group) is 7. The monoisotopic (exact) mass is 1450 g/mol. The molecule has 9 atom stereocenters. The van der Waals surface area contributed by atoms with Crippen LogP contribution in [0.15, 0.2) is 78.9 Å². The van der Waals surface area contributed by atoms with Gasteiger partial charge in [0, 0.05) is 90.3 Å². The summed E-state index contributed by atoms with van der Waals surface area (Å²) < 4.78 is 0.839. The lowest BCUT2D eigenvalue weighted by atomic mass is 9.97. The Morgan fingerprint density at radius 2 is 1.08 bits per heavy atom. The molecule has 520 valence electrons. The summed E-state index contributed by atoms with van der Waals surface area (Å²) in [5.41, 5.74) is 1.93. The maximum absolute atomic E-state index is 15.5. The second-order valence-electron chi connectivity index (χ2n) is 26.2. The zero-order valence-electron chi connectivity index (χ0n) is 57.5. The third kappa shape index (κ3) is 22.5. The number of hydrogen-bond donors (Lipinski definition) is 4. The van der Waals surface area contributed by atoms with Crippen LogP contribution in [0, 0.1) is 21.3 Å². The summed E-state index contributed by atoms with van der Waals surface area (Å²) >= 11 is 8.37. The molecule has 3 aromatic rings. The van der Waals surface area contributed by atoms with Gasteiger partial charge in [0.2, 0.25) is 70.9 Å². The number of hydrogen-bond acceptors (Lipinski definition) is 12. The Labute approximate surface area is 578 Å². The van der Waals surface area contributed by atoms with Crippen LogP contribution in [0.3, 0.4) is 0 Å². The van der Waals surface area contributed by atoms with Gasteiger partial charge in [-0.05, 0) is 114 Å². The van der Waals surface area contributed by atoms with Crippen molar-refractivity contribution in [3.8, 4) is 0 Å². The van der Waals surface area contributed by atoms with Gasteiger partial charge in [0.05, 0.1) is 26.1 Å². The van der Waals surface area contributed by atoms with E-state index in [-0.39, 0.29) is 43.9 Å². The van der Waals surface area contributed by atoms with Crippen LogP contribution < -0.4 is 21.3 Å². The highest BCUT2D eigenvalue weighted by atomic mass is 127. The molecule has 0 radical (unpaired) electrons. The molecule has 2 aliphatic heterocycles. The van der Waals surface area contributed by atoms with Gasteiger partial charge in [-0.3, -0.25) is 57.5 Å². The molecule has 0 aromatic heterocycles. The van der Waals surface area contributed by atoms with Crippen molar-refractivity contribution in [3.63, 3.8) is 0 Å². The second kappa shape index (κ2) is 36.4. The summed E-state index contributed by atoms with van der Waals surface area (Å²) in [7, 11) is 9.75. The van der Waals surface area contributed by atoms with Crippen molar-refractivity contribution in [2.45, 2.75) is 155 Å². The molecule has 0 bridgehead atoms. The van der Waals surface area contributed by atoms with Crippen molar-refractivity contribution < 1.29 is 57.5 Å². The fourth-order valence-corrected chi connectivity index (χ4v) is 12.2. The van der Waals surface area contributed by atoms with Gasteiger partial charge in [0.1, 0.15) is 48.3 Å². The maximum atomic E-state index is 15.5. The highest BCUT2D eigenvalue weighted by Gasteiger charge is 2.42.